The normalized spacial score (nSPS) is 11.7. The molecule has 0 saturated heterocycles. The lowest BCUT2D eigenvalue weighted by atomic mass is 9.83. The van der Waals surface area contributed by atoms with Crippen molar-refractivity contribution in [2.45, 2.75) is 0 Å². The molecular formula is C64H40O. The van der Waals surface area contributed by atoms with Crippen LogP contribution in [0.25, 0.3) is 132 Å². The van der Waals surface area contributed by atoms with Gasteiger partial charge < -0.3 is 4.42 Å². The molecule has 1 aromatic heterocycles. The van der Waals surface area contributed by atoms with Gasteiger partial charge in [-0.05, 0) is 134 Å². The Bertz CT molecular complexity index is 3610. The number of furan rings is 1. The number of hydrogen-bond acceptors (Lipinski definition) is 1. The molecule has 0 aliphatic rings. The van der Waals surface area contributed by atoms with Crippen LogP contribution in [0.15, 0.2) is 247 Å². The van der Waals surface area contributed by atoms with Crippen LogP contribution < -0.4 is 0 Å². The summed E-state index contributed by atoms with van der Waals surface area (Å²) in [6, 6.07) is 88.4. The van der Waals surface area contributed by atoms with E-state index in [1.54, 1.807) is 0 Å². The van der Waals surface area contributed by atoms with Gasteiger partial charge in [-0.3, -0.25) is 0 Å². The molecule has 0 bridgehead atoms. The second kappa shape index (κ2) is 15.1. The Morgan fingerprint density at radius 3 is 0.800 bits per heavy atom. The summed E-state index contributed by atoms with van der Waals surface area (Å²) in [4.78, 5) is 0. The highest BCUT2D eigenvalue weighted by Crippen LogP contribution is 2.49. The van der Waals surface area contributed by atoms with Crippen LogP contribution in [-0.4, -0.2) is 0 Å². The first kappa shape index (κ1) is 37.1. The van der Waals surface area contributed by atoms with E-state index in [2.05, 4.69) is 243 Å². The molecule has 1 heteroatoms. The monoisotopic (exact) mass is 824 g/mol. The Labute approximate surface area is 377 Å². The van der Waals surface area contributed by atoms with Crippen molar-refractivity contribution in [2.75, 3.05) is 0 Å². The van der Waals surface area contributed by atoms with E-state index in [0.29, 0.717) is 0 Å². The summed E-state index contributed by atoms with van der Waals surface area (Å²) in [5, 5.41) is 12.0. The van der Waals surface area contributed by atoms with Crippen LogP contribution in [0.4, 0.5) is 0 Å². The number of rotatable bonds is 6. The van der Waals surface area contributed by atoms with Crippen LogP contribution in [0.3, 0.4) is 0 Å². The van der Waals surface area contributed by atoms with Gasteiger partial charge in [0.15, 0.2) is 0 Å². The predicted molar refractivity (Wildman–Crippen MR) is 276 cm³/mol. The molecule has 12 aromatic carbocycles. The molecule has 0 fully saturated rings. The van der Waals surface area contributed by atoms with E-state index < -0.39 is 0 Å². The fraction of sp³-hybridized carbons (Fsp3) is 0. The van der Waals surface area contributed by atoms with Crippen LogP contribution >= 0.6 is 0 Å². The van der Waals surface area contributed by atoms with Crippen LogP contribution in [0, 0.1) is 0 Å². The summed E-state index contributed by atoms with van der Waals surface area (Å²) < 4.78 is 6.65. The Morgan fingerprint density at radius 2 is 0.462 bits per heavy atom. The summed E-state index contributed by atoms with van der Waals surface area (Å²) in [6.07, 6.45) is 0. The molecule has 0 N–H and O–H groups in total. The highest BCUT2D eigenvalue weighted by atomic mass is 16.3. The van der Waals surface area contributed by atoms with Crippen molar-refractivity contribution in [3.05, 3.63) is 243 Å². The van der Waals surface area contributed by atoms with Gasteiger partial charge in [-0.1, -0.05) is 218 Å². The molecule has 1 nitrogen and oxygen atoms in total. The Hall–Kier alpha value is -8.52. The number of benzene rings is 12. The zero-order valence-corrected chi connectivity index (χ0v) is 35.5. The third-order valence-corrected chi connectivity index (χ3v) is 13.5. The zero-order valence-electron chi connectivity index (χ0n) is 35.5. The van der Waals surface area contributed by atoms with Crippen molar-refractivity contribution in [1.29, 1.82) is 0 Å². The van der Waals surface area contributed by atoms with Crippen molar-refractivity contribution < 1.29 is 4.42 Å². The fourth-order valence-electron chi connectivity index (χ4n) is 10.7. The van der Waals surface area contributed by atoms with E-state index in [0.717, 1.165) is 21.9 Å². The van der Waals surface area contributed by atoms with Crippen LogP contribution in [0.2, 0.25) is 0 Å². The lowest BCUT2D eigenvalue weighted by Gasteiger charge is -2.20. The van der Waals surface area contributed by atoms with E-state index in [1.807, 2.05) is 0 Å². The van der Waals surface area contributed by atoms with Gasteiger partial charge in [-0.25, -0.2) is 0 Å². The lowest BCUT2D eigenvalue weighted by Crippen LogP contribution is -1.92. The Morgan fingerprint density at radius 1 is 0.185 bits per heavy atom. The van der Waals surface area contributed by atoms with Crippen LogP contribution in [-0.2, 0) is 0 Å². The second-order valence-corrected chi connectivity index (χ2v) is 17.0. The molecule has 302 valence electrons. The van der Waals surface area contributed by atoms with Crippen LogP contribution in [0.1, 0.15) is 0 Å². The largest absolute Gasteiger partial charge is 0.456 e. The first-order valence-corrected chi connectivity index (χ1v) is 22.4. The van der Waals surface area contributed by atoms with Gasteiger partial charge in [0.05, 0.1) is 0 Å². The molecular weight excluding hydrogens is 785 g/mol. The maximum Gasteiger partial charge on any atom is 0.135 e. The third-order valence-electron chi connectivity index (χ3n) is 13.5. The van der Waals surface area contributed by atoms with E-state index >= 15 is 0 Å². The van der Waals surface area contributed by atoms with Gasteiger partial charge in [-0.2, -0.15) is 0 Å². The third kappa shape index (κ3) is 5.94. The average molecular weight is 825 g/mol. The van der Waals surface area contributed by atoms with E-state index in [-0.39, 0.29) is 0 Å². The SMILES string of the molecule is c1ccc(-c2ccccc2-c2c3ccccc3c(-c3ccc4oc5ccc(-c6c7ccccc7c(-c7ccccc7-c7ccccc7)c7ccccc67)cc5c4c3)c3ccccc23)cc1. The molecule has 0 aliphatic heterocycles. The number of fused-ring (bicyclic) bond motifs is 7. The van der Waals surface area contributed by atoms with Crippen molar-refractivity contribution in [3.8, 4) is 66.8 Å². The van der Waals surface area contributed by atoms with Gasteiger partial charge in [0.1, 0.15) is 11.2 Å². The highest BCUT2D eigenvalue weighted by molar-refractivity contribution is 6.25. The smallest absolute Gasteiger partial charge is 0.135 e. The molecule has 0 amide bonds. The fourth-order valence-corrected chi connectivity index (χ4v) is 10.7. The standard InChI is InChI=1S/C64H40O/c1-3-19-41(20-4-1)45-23-7-9-25-47(45)63-53-31-15-11-27-49(53)61(50-28-12-16-32-54(50)63)43-35-37-59-57(39-43)58-40-44(36-38-60(58)65-59)62-51-29-13-17-33-55(51)64(56-34-18-14-30-52(56)62)48-26-10-8-24-46(48)42-21-5-2-6-22-42/h1-40H. The maximum absolute atomic E-state index is 6.65. The van der Waals surface area contributed by atoms with E-state index in [9.17, 15) is 0 Å². The average Bonchev–Trinajstić information content (AvgIpc) is 3.75. The molecule has 65 heavy (non-hydrogen) atoms. The minimum Gasteiger partial charge on any atom is -0.456 e. The van der Waals surface area contributed by atoms with Gasteiger partial charge in [0, 0.05) is 10.8 Å². The Balaban J connectivity index is 1.03. The molecule has 0 spiro atoms. The molecule has 0 atom stereocenters. The van der Waals surface area contributed by atoms with Crippen molar-refractivity contribution in [2.24, 2.45) is 0 Å². The van der Waals surface area contributed by atoms with Crippen molar-refractivity contribution >= 4 is 65.0 Å². The first-order chi connectivity index (χ1) is 32.3. The van der Waals surface area contributed by atoms with Gasteiger partial charge >= 0.3 is 0 Å². The lowest BCUT2D eigenvalue weighted by molar-refractivity contribution is 0.669. The second-order valence-electron chi connectivity index (χ2n) is 17.0. The molecule has 0 radical (unpaired) electrons. The predicted octanol–water partition coefficient (Wildman–Crippen LogP) is 18.2. The summed E-state index contributed by atoms with van der Waals surface area (Å²) in [5.41, 5.74) is 16.4. The van der Waals surface area contributed by atoms with Gasteiger partial charge in [0.2, 0.25) is 0 Å². The maximum atomic E-state index is 6.65. The summed E-state index contributed by atoms with van der Waals surface area (Å²) >= 11 is 0. The van der Waals surface area contributed by atoms with Crippen molar-refractivity contribution in [1.82, 2.24) is 0 Å². The molecule has 0 unspecified atom stereocenters. The number of hydrogen-bond donors (Lipinski definition) is 0. The minimum absolute atomic E-state index is 0.880. The van der Waals surface area contributed by atoms with Crippen molar-refractivity contribution in [3.63, 3.8) is 0 Å². The summed E-state index contributed by atoms with van der Waals surface area (Å²) in [7, 11) is 0. The van der Waals surface area contributed by atoms with E-state index in [4.69, 9.17) is 4.42 Å². The highest BCUT2D eigenvalue weighted by Gasteiger charge is 2.22. The van der Waals surface area contributed by atoms with Gasteiger partial charge in [0.25, 0.3) is 0 Å². The summed E-state index contributed by atoms with van der Waals surface area (Å²) in [5.74, 6) is 0. The molecule has 13 aromatic rings. The minimum atomic E-state index is 0.880. The topological polar surface area (TPSA) is 13.1 Å². The zero-order chi connectivity index (χ0) is 42.8. The first-order valence-electron chi connectivity index (χ1n) is 22.4. The molecule has 13 rings (SSSR count). The molecule has 0 aliphatic carbocycles. The quantitative estimate of drug-likeness (QED) is 0.152. The van der Waals surface area contributed by atoms with E-state index in [1.165, 1.54) is 110 Å². The summed E-state index contributed by atoms with van der Waals surface area (Å²) in [6.45, 7) is 0. The van der Waals surface area contributed by atoms with Gasteiger partial charge in [-0.15, -0.1) is 0 Å². The molecule has 1 heterocycles. The Kier molecular flexibility index (Phi) is 8.60. The molecule has 0 saturated carbocycles. The van der Waals surface area contributed by atoms with Crippen LogP contribution in [0.5, 0.6) is 0 Å².